The quantitative estimate of drug-likeness (QED) is 0.843. The maximum atomic E-state index is 12.1. The van der Waals surface area contributed by atoms with Crippen LogP contribution >= 0.6 is 0 Å². The topological polar surface area (TPSA) is 32.3 Å². The summed E-state index contributed by atoms with van der Waals surface area (Å²) in [4.78, 5) is 13.7. The lowest BCUT2D eigenvalue weighted by molar-refractivity contribution is 0.249. The van der Waals surface area contributed by atoms with Crippen molar-refractivity contribution in [3.05, 3.63) is 66.0 Å². The third-order valence-corrected chi connectivity index (χ3v) is 3.02. The van der Waals surface area contributed by atoms with Crippen molar-refractivity contribution in [2.75, 3.05) is 4.90 Å². The third-order valence-electron chi connectivity index (χ3n) is 3.02. The molecule has 0 saturated heterocycles. The first kappa shape index (κ1) is 12.2. The van der Waals surface area contributed by atoms with Crippen molar-refractivity contribution in [3.63, 3.8) is 0 Å². The number of nitrogens with zero attached hydrogens (tertiary/aromatic N) is 1. The molecule has 0 saturated carbocycles. The molecule has 0 unspecified atom stereocenters. The lowest BCUT2D eigenvalue weighted by Crippen LogP contribution is -2.43. The largest absolute Gasteiger partial charge is 0.330 e. The smallest absolute Gasteiger partial charge is 0.307 e. The van der Waals surface area contributed by atoms with Crippen molar-refractivity contribution in [1.82, 2.24) is 5.32 Å². The molecular weight excluding hydrogens is 224 g/mol. The number of anilines is 1. The number of hydrogen-bond acceptors (Lipinski definition) is 1. The van der Waals surface area contributed by atoms with E-state index < -0.39 is 0 Å². The van der Waals surface area contributed by atoms with Gasteiger partial charge in [0.2, 0.25) is 0 Å². The van der Waals surface area contributed by atoms with Gasteiger partial charge < -0.3 is 5.32 Å². The van der Waals surface area contributed by atoms with Crippen LogP contribution in [-0.2, 0) is 0 Å². The molecule has 3 nitrogen and oxygen atoms in total. The molecule has 3 heteroatoms. The van der Waals surface area contributed by atoms with Gasteiger partial charge >= 0.3 is 6.03 Å². The molecule has 92 valence electrons. The highest BCUT2D eigenvalue weighted by Gasteiger charge is 2.26. The van der Waals surface area contributed by atoms with Crippen molar-refractivity contribution in [2.45, 2.75) is 13.8 Å². The first-order valence-electron chi connectivity index (χ1n) is 5.75. The van der Waals surface area contributed by atoms with Gasteiger partial charge in [-0.2, -0.15) is 0 Å². The Hall–Kier alpha value is -2.29. The minimum absolute atomic E-state index is 0.204. The minimum Gasteiger partial charge on any atom is -0.307 e. The van der Waals surface area contributed by atoms with Gasteiger partial charge in [-0.05, 0) is 37.6 Å². The molecule has 1 N–H and O–H groups in total. The average Bonchev–Trinajstić information content (AvgIpc) is 2.35. The fourth-order valence-corrected chi connectivity index (χ4v) is 1.90. The normalized spacial score (nSPS) is 15.8. The van der Waals surface area contributed by atoms with Gasteiger partial charge in [-0.1, -0.05) is 30.9 Å². The number of allylic oxidation sites excluding steroid dienone is 2. The molecular formula is C15H16N2O. The molecule has 1 aromatic rings. The number of carbonyl (C=O) groups excluding carboxylic acids is 1. The Kier molecular flexibility index (Phi) is 3.06. The van der Waals surface area contributed by atoms with Crippen LogP contribution in [0.2, 0.25) is 0 Å². The maximum Gasteiger partial charge on any atom is 0.330 e. The third kappa shape index (κ3) is 1.95. The van der Waals surface area contributed by atoms with Crippen LogP contribution < -0.4 is 10.2 Å². The van der Waals surface area contributed by atoms with Gasteiger partial charge in [-0.15, -0.1) is 0 Å². The SMILES string of the molecule is C=CC1=C(C)C(=C)NC(=O)N1c1ccc(C)cc1. The van der Waals surface area contributed by atoms with Gasteiger partial charge in [0.05, 0.1) is 11.4 Å². The van der Waals surface area contributed by atoms with Gasteiger partial charge in [0.25, 0.3) is 0 Å². The lowest BCUT2D eigenvalue weighted by atomic mass is 10.1. The number of hydrogen-bond donors (Lipinski definition) is 1. The van der Waals surface area contributed by atoms with Crippen LogP contribution in [0.5, 0.6) is 0 Å². The Labute approximate surface area is 107 Å². The Morgan fingerprint density at radius 2 is 1.83 bits per heavy atom. The van der Waals surface area contributed by atoms with E-state index in [2.05, 4.69) is 18.5 Å². The number of carbonyl (C=O) groups is 1. The van der Waals surface area contributed by atoms with Crippen molar-refractivity contribution in [2.24, 2.45) is 0 Å². The fraction of sp³-hybridized carbons (Fsp3) is 0.133. The van der Waals surface area contributed by atoms with E-state index in [9.17, 15) is 4.79 Å². The highest BCUT2D eigenvalue weighted by atomic mass is 16.2. The van der Waals surface area contributed by atoms with E-state index in [-0.39, 0.29) is 6.03 Å². The van der Waals surface area contributed by atoms with E-state index in [0.29, 0.717) is 5.70 Å². The summed E-state index contributed by atoms with van der Waals surface area (Å²) in [5.74, 6) is 0. The van der Waals surface area contributed by atoms with Crippen molar-refractivity contribution in [3.8, 4) is 0 Å². The van der Waals surface area contributed by atoms with Crippen molar-refractivity contribution in [1.29, 1.82) is 0 Å². The molecule has 18 heavy (non-hydrogen) atoms. The molecule has 0 fully saturated rings. The van der Waals surface area contributed by atoms with Crippen LogP contribution in [0.4, 0.5) is 10.5 Å². The summed E-state index contributed by atoms with van der Waals surface area (Å²) < 4.78 is 0. The van der Waals surface area contributed by atoms with Gasteiger partial charge in [0.15, 0.2) is 0 Å². The summed E-state index contributed by atoms with van der Waals surface area (Å²) in [6.45, 7) is 11.5. The van der Waals surface area contributed by atoms with Gasteiger partial charge in [0.1, 0.15) is 0 Å². The molecule has 1 aliphatic rings. The summed E-state index contributed by atoms with van der Waals surface area (Å²) in [7, 11) is 0. The zero-order chi connectivity index (χ0) is 13.3. The molecule has 0 bridgehead atoms. The number of benzene rings is 1. The molecule has 1 aliphatic heterocycles. The Morgan fingerprint density at radius 3 is 2.39 bits per heavy atom. The van der Waals surface area contributed by atoms with E-state index in [1.54, 1.807) is 11.0 Å². The molecule has 1 aromatic carbocycles. The second-order valence-corrected chi connectivity index (χ2v) is 4.29. The summed E-state index contributed by atoms with van der Waals surface area (Å²) in [6, 6.07) is 7.58. The van der Waals surface area contributed by atoms with Crippen LogP contribution in [0.25, 0.3) is 0 Å². The Balaban J connectivity index is 2.54. The Morgan fingerprint density at radius 1 is 1.22 bits per heavy atom. The van der Waals surface area contributed by atoms with Crippen LogP contribution in [0.3, 0.4) is 0 Å². The number of aryl methyl sites for hydroxylation is 1. The lowest BCUT2D eigenvalue weighted by Gasteiger charge is -2.31. The highest BCUT2D eigenvalue weighted by molar-refractivity contribution is 5.99. The first-order chi connectivity index (χ1) is 8.54. The van der Waals surface area contributed by atoms with Crippen LogP contribution in [0, 0.1) is 6.92 Å². The maximum absolute atomic E-state index is 12.1. The van der Waals surface area contributed by atoms with Crippen LogP contribution in [0.15, 0.2) is 60.5 Å². The van der Waals surface area contributed by atoms with Gasteiger partial charge in [0, 0.05) is 5.70 Å². The second-order valence-electron chi connectivity index (χ2n) is 4.29. The van der Waals surface area contributed by atoms with E-state index in [1.165, 1.54) is 0 Å². The standard InChI is InChI=1S/C15H16N2O/c1-5-14-11(3)12(4)16-15(18)17(14)13-8-6-10(2)7-9-13/h5-9H,1,4H2,2-3H3,(H,16,18). The summed E-state index contributed by atoms with van der Waals surface area (Å²) in [5, 5.41) is 2.74. The van der Waals surface area contributed by atoms with Crippen molar-refractivity contribution >= 4 is 11.7 Å². The monoisotopic (exact) mass is 240 g/mol. The van der Waals surface area contributed by atoms with Gasteiger partial charge in [-0.3, -0.25) is 4.90 Å². The molecule has 0 spiro atoms. The van der Waals surface area contributed by atoms with Crippen LogP contribution in [-0.4, -0.2) is 6.03 Å². The van der Waals surface area contributed by atoms with Crippen molar-refractivity contribution < 1.29 is 4.79 Å². The highest BCUT2D eigenvalue weighted by Crippen LogP contribution is 2.27. The molecule has 0 radical (unpaired) electrons. The number of urea groups is 1. The predicted octanol–water partition coefficient (Wildman–Crippen LogP) is 3.50. The first-order valence-corrected chi connectivity index (χ1v) is 5.75. The summed E-state index contributed by atoms with van der Waals surface area (Å²) in [5.41, 5.74) is 4.29. The van der Waals surface area contributed by atoms with Crippen LogP contribution in [0.1, 0.15) is 12.5 Å². The van der Waals surface area contributed by atoms with E-state index in [0.717, 1.165) is 22.5 Å². The summed E-state index contributed by atoms with van der Waals surface area (Å²) >= 11 is 0. The average molecular weight is 240 g/mol. The van der Waals surface area contributed by atoms with E-state index in [4.69, 9.17) is 0 Å². The zero-order valence-corrected chi connectivity index (χ0v) is 10.7. The number of amides is 2. The molecule has 1 heterocycles. The zero-order valence-electron chi connectivity index (χ0n) is 10.7. The van der Waals surface area contributed by atoms with E-state index >= 15 is 0 Å². The van der Waals surface area contributed by atoms with E-state index in [1.807, 2.05) is 38.1 Å². The molecule has 0 aliphatic carbocycles. The predicted molar refractivity (Wildman–Crippen MR) is 74.2 cm³/mol. The van der Waals surface area contributed by atoms with Gasteiger partial charge in [-0.25, -0.2) is 4.79 Å². The minimum atomic E-state index is -0.204. The second kappa shape index (κ2) is 4.53. The molecule has 0 aromatic heterocycles. The summed E-state index contributed by atoms with van der Waals surface area (Å²) in [6.07, 6.45) is 1.68. The fourth-order valence-electron chi connectivity index (χ4n) is 1.90. The Bertz CT molecular complexity index is 552. The molecule has 2 amide bonds. The number of rotatable bonds is 2. The molecule has 0 atom stereocenters. The molecule has 2 rings (SSSR count). The number of nitrogens with one attached hydrogen (secondary N) is 1.